The van der Waals surface area contributed by atoms with Crippen LogP contribution in [0.4, 0.5) is 5.69 Å². The minimum Gasteiger partial charge on any atom is -0.449 e. The summed E-state index contributed by atoms with van der Waals surface area (Å²) in [5, 5.41) is 7.02. The summed E-state index contributed by atoms with van der Waals surface area (Å²) in [5.74, 6) is -1.17. The Bertz CT molecular complexity index is 1280. The molecule has 0 fully saturated rings. The van der Waals surface area contributed by atoms with E-state index in [0.717, 1.165) is 17.1 Å². The van der Waals surface area contributed by atoms with Gasteiger partial charge in [0.05, 0.1) is 21.8 Å². The van der Waals surface area contributed by atoms with E-state index in [-0.39, 0.29) is 10.9 Å². The number of hydrogen-bond donors (Lipinski definition) is 2. The molecule has 0 aliphatic rings. The summed E-state index contributed by atoms with van der Waals surface area (Å²) in [6, 6.07) is 14.2. The van der Waals surface area contributed by atoms with Crippen LogP contribution in [0.3, 0.4) is 0 Å². The maximum absolute atomic E-state index is 12.5. The number of esters is 1. The number of carbonyl (C=O) groups excluding carboxylic acids is 2. The number of sulfonamides is 1. The van der Waals surface area contributed by atoms with Gasteiger partial charge in [0.2, 0.25) is 10.0 Å². The molecule has 0 spiro atoms. The monoisotopic (exact) mass is 484 g/mol. The first-order valence-corrected chi connectivity index (χ1v) is 12.2. The highest BCUT2D eigenvalue weighted by molar-refractivity contribution is 7.89. The lowest BCUT2D eigenvalue weighted by Crippen LogP contribution is -2.30. The Morgan fingerprint density at radius 1 is 0.971 bits per heavy atom. The molecule has 2 N–H and O–H groups in total. The number of aryl methyl sites for hydroxylation is 2. The van der Waals surface area contributed by atoms with Crippen molar-refractivity contribution in [3.63, 3.8) is 0 Å². The van der Waals surface area contributed by atoms with Crippen LogP contribution in [0.1, 0.15) is 42.5 Å². The molecule has 10 heteroatoms. The van der Waals surface area contributed by atoms with Gasteiger partial charge in [0, 0.05) is 17.4 Å². The van der Waals surface area contributed by atoms with E-state index in [1.54, 1.807) is 42.8 Å². The molecule has 0 saturated heterocycles. The average Bonchev–Trinajstić information content (AvgIpc) is 3.11. The lowest BCUT2D eigenvalue weighted by molar-refractivity contribution is -0.123. The number of ether oxygens (including phenoxy) is 1. The van der Waals surface area contributed by atoms with Crippen molar-refractivity contribution < 1.29 is 22.7 Å². The molecule has 1 heterocycles. The molecule has 9 nitrogen and oxygen atoms in total. The summed E-state index contributed by atoms with van der Waals surface area (Å²) < 4.78 is 33.9. The minimum atomic E-state index is -3.63. The number of amides is 1. The third-order valence-corrected chi connectivity index (χ3v) is 6.51. The first kappa shape index (κ1) is 25.1. The van der Waals surface area contributed by atoms with Gasteiger partial charge in [-0.25, -0.2) is 22.6 Å². The van der Waals surface area contributed by atoms with Crippen LogP contribution in [-0.4, -0.2) is 42.2 Å². The van der Waals surface area contributed by atoms with Crippen LogP contribution in [0.5, 0.6) is 0 Å². The quantitative estimate of drug-likeness (QED) is 0.473. The van der Waals surface area contributed by atoms with Gasteiger partial charge in [-0.15, -0.1) is 0 Å². The van der Waals surface area contributed by atoms with Gasteiger partial charge in [-0.2, -0.15) is 5.10 Å². The van der Waals surface area contributed by atoms with Crippen molar-refractivity contribution >= 4 is 27.6 Å². The number of rotatable bonds is 8. The van der Waals surface area contributed by atoms with Crippen LogP contribution in [0.15, 0.2) is 59.5 Å². The summed E-state index contributed by atoms with van der Waals surface area (Å²) in [4.78, 5) is 25.0. The third-order valence-electron chi connectivity index (χ3n) is 4.83. The molecule has 1 amide bonds. The molecule has 0 aliphatic heterocycles. The largest absolute Gasteiger partial charge is 0.449 e. The van der Waals surface area contributed by atoms with Crippen LogP contribution in [-0.2, 0) is 19.6 Å². The van der Waals surface area contributed by atoms with E-state index in [0.29, 0.717) is 11.3 Å². The van der Waals surface area contributed by atoms with Crippen molar-refractivity contribution in [1.29, 1.82) is 0 Å². The van der Waals surface area contributed by atoms with E-state index >= 15 is 0 Å². The average molecular weight is 485 g/mol. The second-order valence-electron chi connectivity index (χ2n) is 8.22. The molecule has 3 aromatic rings. The van der Waals surface area contributed by atoms with Crippen molar-refractivity contribution in [2.24, 2.45) is 0 Å². The van der Waals surface area contributed by atoms with Crippen molar-refractivity contribution in [3.8, 4) is 5.69 Å². The van der Waals surface area contributed by atoms with Gasteiger partial charge >= 0.3 is 5.97 Å². The summed E-state index contributed by atoms with van der Waals surface area (Å²) in [5.41, 5.74) is 3.36. The summed E-state index contributed by atoms with van der Waals surface area (Å²) in [6.45, 7) is 8.76. The second kappa shape index (κ2) is 10.2. The zero-order valence-electron chi connectivity index (χ0n) is 19.7. The van der Waals surface area contributed by atoms with Gasteiger partial charge in [-0.1, -0.05) is 0 Å². The first-order chi connectivity index (χ1) is 16.0. The maximum Gasteiger partial charge on any atom is 0.338 e. The molecule has 0 radical (unpaired) electrons. The molecule has 2 aromatic carbocycles. The van der Waals surface area contributed by atoms with E-state index in [4.69, 9.17) is 4.74 Å². The number of carbonyl (C=O) groups is 2. The van der Waals surface area contributed by atoms with E-state index in [9.17, 15) is 18.0 Å². The fourth-order valence-electron chi connectivity index (χ4n) is 3.25. The molecular formula is C24H28N4O5S. The van der Waals surface area contributed by atoms with Crippen LogP contribution in [0.2, 0.25) is 0 Å². The van der Waals surface area contributed by atoms with Crippen LogP contribution >= 0.6 is 0 Å². The highest BCUT2D eigenvalue weighted by Crippen LogP contribution is 2.16. The predicted molar refractivity (Wildman–Crippen MR) is 128 cm³/mol. The lowest BCUT2D eigenvalue weighted by atomic mass is 10.2. The van der Waals surface area contributed by atoms with E-state index in [2.05, 4.69) is 15.1 Å². The summed E-state index contributed by atoms with van der Waals surface area (Å²) in [6.07, 6.45) is -1.06. The van der Waals surface area contributed by atoms with Crippen LogP contribution in [0, 0.1) is 13.8 Å². The molecule has 3 rings (SSSR count). The van der Waals surface area contributed by atoms with Gasteiger partial charge in [0.1, 0.15) is 0 Å². The topological polar surface area (TPSA) is 119 Å². The van der Waals surface area contributed by atoms with Gasteiger partial charge in [0.15, 0.2) is 6.10 Å². The van der Waals surface area contributed by atoms with Crippen LogP contribution < -0.4 is 10.0 Å². The van der Waals surface area contributed by atoms with Gasteiger partial charge in [0.25, 0.3) is 5.91 Å². The molecule has 0 aliphatic carbocycles. The lowest BCUT2D eigenvalue weighted by Gasteiger charge is -2.14. The van der Waals surface area contributed by atoms with Crippen molar-refractivity contribution in [1.82, 2.24) is 14.5 Å². The Balaban J connectivity index is 1.60. The van der Waals surface area contributed by atoms with Crippen molar-refractivity contribution in [2.45, 2.75) is 51.7 Å². The van der Waals surface area contributed by atoms with Crippen molar-refractivity contribution in [3.05, 3.63) is 71.5 Å². The number of benzene rings is 2. The Labute approximate surface area is 199 Å². The number of aromatic nitrogens is 2. The van der Waals surface area contributed by atoms with Gasteiger partial charge in [-0.05, 0) is 89.2 Å². The Morgan fingerprint density at radius 2 is 1.59 bits per heavy atom. The normalized spacial score (nSPS) is 12.4. The number of nitrogens with zero attached hydrogens (tertiary/aromatic N) is 2. The third kappa shape index (κ3) is 6.09. The minimum absolute atomic E-state index is 0.0857. The Morgan fingerprint density at radius 3 is 2.12 bits per heavy atom. The second-order valence-corrected chi connectivity index (χ2v) is 9.94. The van der Waals surface area contributed by atoms with E-state index in [1.165, 1.54) is 31.2 Å². The smallest absolute Gasteiger partial charge is 0.338 e. The highest BCUT2D eigenvalue weighted by atomic mass is 32.2. The zero-order chi connectivity index (χ0) is 25.0. The van der Waals surface area contributed by atoms with E-state index < -0.39 is 28.0 Å². The maximum atomic E-state index is 12.5. The molecule has 1 unspecified atom stereocenters. The number of anilines is 1. The van der Waals surface area contributed by atoms with Crippen molar-refractivity contribution in [2.75, 3.05) is 5.32 Å². The Hall–Kier alpha value is -3.50. The SMILES string of the molecule is Cc1cc(C)n(-c2ccc(C(=O)OC(C)C(=O)Nc3ccc(S(=O)(=O)NC(C)C)cc3)cc2)n1. The fraction of sp³-hybridized carbons (Fsp3) is 0.292. The Kier molecular flexibility index (Phi) is 7.53. The molecule has 180 valence electrons. The highest BCUT2D eigenvalue weighted by Gasteiger charge is 2.20. The van der Waals surface area contributed by atoms with Gasteiger partial charge < -0.3 is 10.1 Å². The zero-order valence-corrected chi connectivity index (χ0v) is 20.5. The van der Waals surface area contributed by atoms with Crippen LogP contribution in [0.25, 0.3) is 5.69 Å². The number of nitrogens with one attached hydrogen (secondary N) is 2. The van der Waals surface area contributed by atoms with Gasteiger partial charge in [-0.3, -0.25) is 4.79 Å². The molecule has 34 heavy (non-hydrogen) atoms. The fourth-order valence-corrected chi connectivity index (χ4v) is 4.50. The van der Waals surface area contributed by atoms with E-state index in [1.807, 2.05) is 19.9 Å². The standard InChI is InChI=1S/C24H28N4O5S/c1-15(2)27-34(31,32)22-12-8-20(9-13-22)25-23(29)18(5)33-24(30)19-6-10-21(11-7-19)28-17(4)14-16(3)26-28/h6-15,18,27H,1-5H3,(H,25,29). The molecule has 0 saturated carbocycles. The summed E-state index contributed by atoms with van der Waals surface area (Å²) >= 11 is 0. The molecule has 1 atom stereocenters. The first-order valence-electron chi connectivity index (χ1n) is 10.7. The molecule has 1 aromatic heterocycles. The predicted octanol–water partition coefficient (Wildman–Crippen LogP) is 3.36. The number of hydrogen-bond acceptors (Lipinski definition) is 6. The molecular weight excluding hydrogens is 456 g/mol. The molecule has 0 bridgehead atoms. The summed E-state index contributed by atoms with van der Waals surface area (Å²) in [7, 11) is -3.63.